The first-order chi connectivity index (χ1) is 13.6. The highest BCUT2D eigenvalue weighted by Gasteiger charge is 2.57. The van der Waals surface area contributed by atoms with Crippen LogP contribution >= 0.6 is 0 Å². The van der Waals surface area contributed by atoms with Crippen molar-refractivity contribution < 1.29 is 13.7 Å². The summed E-state index contributed by atoms with van der Waals surface area (Å²) >= 11 is 0. The zero-order valence-corrected chi connectivity index (χ0v) is 15.7. The fraction of sp³-hybridized carbons (Fsp3) is 0.381. The summed E-state index contributed by atoms with van der Waals surface area (Å²) in [6, 6.07) is 13.9. The number of nitrogens with zero attached hydrogens (tertiary/aromatic N) is 4. The lowest BCUT2D eigenvalue weighted by Crippen LogP contribution is -2.61. The van der Waals surface area contributed by atoms with E-state index in [2.05, 4.69) is 39.3 Å². The molecule has 0 bridgehead atoms. The Bertz CT molecular complexity index is 961. The van der Waals surface area contributed by atoms with Gasteiger partial charge in [0.2, 0.25) is 5.89 Å². The number of carbonyl (C=O) groups excluding carboxylic acids is 1. The molecule has 0 aliphatic carbocycles. The number of rotatable bonds is 4. The lowest BCUT2D eigenvalue weighted by atomic mass is 9.71. The Hall–Kier alpha value is -2.93. The van der Waals surface area contributed by atoms with Gasteiger partial charge in [-0.25, -0.2) is 0 Å². The zero-order valence-electron chi connectivity index (χ0n) is 15.7. The molecule has 3 aromatic rings. The smallest absolute Gasteiger partial charge is 0.289 e. The molecule has 1 aromatic carbocycles. The first kappa shape index (κ1) is 17.2. The molecule has 5 rings (SSSR count). The number of aromatic nitrogens is 2. The van der Waals surface area contributed by atoms with Crippen molar-refractivity contribution in [3.05, 3.63) is 71.8 Å². The highest BCUT2D eigenvalue weighted by molar-refractivity contribution is 5.92. The van der Waals surface area contributed by atoms with Gasteiger partial charge in [-0.1, -0.05) is 35.5 Å². The predicted molar refractivity (Wildman–Crippen MR) is 101 cm³/mol. The molecule has 2 aliphatic heterocycles. The Balaban J connectivity index is 1.36. The topological polar surface area (TPSA) is 75.6 Å². The van der Waals surface area contributed by atoms with Crippen molar-refractivity contribution in [2.24, 2.45) is 5.41 Å². The van der Waals surface area contributed by atoms with Gasteiger partial charge in [0.15, 0.2) is 11.6 Å². The van der Waals surface area contributed by atoms with E-state index in [-0.39, 0.29) is 17.2 Å². The molecule has 2 fully saturated rings. The molecule has 0 saturated carbocycles. The second-order valence-electron chi connectivity index (χ2n) is 7.89. The van der Waals surface area contributed by atoms with Crippen LogP contribution < -0.4 is 0 Å². The number of furan rings is 1. The van der Waals surface area contributed by atoms with Crippen LogP contribution in [0.2, 0.25) is 0 Å². The van der Waals surface area contributed by atoms with Crippen molar-refractivity contribution in [1.82, 2.24) is 19.9 Å². The molecule has 1 unspecified atom stereocenters. The summed E-state index contributed by atoms with van der Waals surface area (Å²) in [5.74, 6) is 1.78. The van der Waals surface area contributed by atoms with Crippen LogP contribution in [0.1, 0.15) is 33.8 Å². The summed E-state index contributed by atoms with van der Waals surface area (Å²) in [4.78, 5) is 21.4. The van der Waals surface area contributed by atoms with Gasteiger partial charge >= 0.3 is 0 Å². The van der Waals surface area contributed by atoms with Gasteiger partial charge in [0, 0.05) is 38.1 Å². The Morgan fingerprint density at radius 2 is 2.00 bits per heavy atom. The number of likely N-dealkylation sites (tertiary alicyclic amines) is 2. The summed E-state index contributed by atoms with van der Waals surface area (Å²) in [7, 11) is 0. The van der Waals surface area contributed by atoms with Crippen LogP contribution in [0.15, 0.2) is 57.7 Å². The van der Waals surface area contributed by atoms with Gasteiger partial charge < -0.3 is 13.8 Å². The van der Waals surface area contributed by atoms with Gasteiger partial charge in [-0.05, 0) is 24.6 Å². The largest absolute Gasteiger partial charge is 0.459 e. The molecule has 2 aromatic heterocycles. The average molecular weight is 378 g/mol. The molecule has 0 N–H and O–H groups in total. The molecule has 2 aliphatic rings. The normalized spacial score (nSPS) is 21.2. The molecule has 7 heteroatoms. The van der Waals surface area contributed by atoms with Crippen LogP contribution in [-0.4, -0.2) is 52.0 Å². The van der Waals surface area contributed by atoms with E-state index < -0.39 is 0 Å². The van der Waals surface area contributed by atoms with E-state index in [9.17, 15) is 4.79 Å². The fourth-order valence-electron chi connectivity index (χ4n) is 4.56. The minimum atomic E-state index is -0.0595. The molecule has 7 nitrogen and oxygen atoms in total. The van der Waals surface area contributed by atoms with Gasteiger partial charge in [0.1, 0.15) is 0 Å². The molecule has 1 amide bonds. The maximum atomic E-state index is 12.6. The third-order valence-electron chi connectivity index (χ3n) is 5.84. The second kappa shape index (κ2) is 6.60. The number of hydrogen-bond donors (Lipinski definition) is 0. The van der Waals surface area contributed by atoms with Crippen molar-refractivity contribution in [3.63, 3.8) is 0 Å². The van der Waals surface area contributed by atoms with E-state index in [1.807, 2.05) is 17.9 Å². The number of carbonyl (C=O) groups is 1. The molecular weight excluding hydrogens is 356 g/mol. The Labute approximate surface area is 162 Å². The zero-order chi connectivity index (χ0) is 19.1. The Morgan fingerprint density at radius 3 is 2.68 bits per heavy atom. The van der Waals surface area contributed by atoms with E-state index in [0.717, 1.165) is 19.6 Å². The third kappa shape index (κ3) is 2.92. The van der Waals surface area contributed by atoms with Crippen LogP contribution in [0.25, 0.3) is 0 Å². The maximum absolute atomic E-state index is 12.6. The monoisotopic (exact) mass is 378 g/mol. The van der Waals surface area contributed by atoms with Gasteiger partial charge in [0.05, 0.1) is 12.2 Å². The van der Waals surface area contributed by atoms with Crippen LogP contribution in [-0.2, 0) is 6.54 Å². The Kier molecular flexibility index (Phi) is 4.05. The number of amides is 1. The van der Waals surface area contributed by atoms with Crippen molar-refractivity contribution in [2.75, 3.05) is 26.2 Å². The van der Waals surface area contributed by atoms with Crippen molar-refractivity contribution in [2.45, 2.75) is 19.4 Å². The maximum Gasteiger partial charge on any atom is 0.289 e. The summed E-state index contributed by atoms with van der Waals surface area (Å²) in [6.07, 6.45) is 1.53. The summed E-state index contributed by atoms with van der Waals surface area (Å²) < 4.78 is 10.8. The minimum absolute atomic E-state index is 0.0578. The third-order valence-corrected chi connectivity index (χ3v) is 5.84. The number of aryl methyl sites for hydroxylation is 1. The molecule has 4 heterocycles. The molecule has 1 spiro atoms. The van der Waals surface area contributed by atoms with Crippen molar-refractivity contribution in [3.8, 4) is 0 Å². The van der Waals surface area contributed by atoms with E-state index in [1.54, 1.807) is 12.1 Å². The van der Waals surface area contributed by atoms with Crippen LogP contribution in [0, 0.1) is 12.3 Å². The first-order valence-electron chi connectivity index (χ1n) is 9.52. The molecular formula is C21H22N4O3. The van der Waals surface area contributed by atoms with Crippen LogP contribution in [0.3, 0.4) is 0 Å². The lowest BCUT2D eigenvalue weighted by Gasteiger charge is -2.49. The van der Waals surface area contributed by atoms with E-state index in [4.69, 9.17) is 8.94 Å². The molecule has 0 radical (unpaired) electrons. The predicted octanol–water partition coefficient (Wildman–Crippen LogP) is 2.71. The van der Waals surface area contributed by atoms with Crippen LogP contribution in [0.4, 0.5) is 0 Å². The number of hydrogen-bond acceptors (Lipinski definition) is 6. The molecule has 28 heavy (non-hydrogen) atoms. The highest BCUT2D eigenvalue weighted by atomic mass is 16.5. The van der Waals surface area contributed by atoms with E-state index >= 15 is 0 Å². The Morgan fingerprint density at radius 1 is 1.18 bits per heavy atom. The first-order valence-corrected chi connectivity index (χ1v) is 9.52. The van der Waals surface area contributed by atoms with Gasteiger partial charge in [-0.15, -0.1) is 0 Å². The van der Waals surface area contributed by atoms with Crippen molar-refractivity contribution >= 4 is 5.91 Å². The summed E-state index contributed by atoms with van der Waals surface area (Å²) in [5, 5.41) is 3.99. The summed E-state index contributed by atoms with van der Waals surface area (Å²) in [5.41, 5.74) is 1.22. The highest BCUT2D eigenvalue weighted by Crippen LogP contribution is 2.49. The average Bonchev–Trinajstić information content (AvgIpc) is 3.40. The van der Waals surface area contributed by atoms with Crippen LogP contribution in [0.5, 0.6) is 0 Å². The van der Waals surface area contributed by atoms with E-state index in [1.165, 1.54) is 11.8 Å². The molecule has 1 atom stereocenters. The fourth-order valence-corrected chi connectivity index (χ4v) is 4.56. The van der Waals surface area contributed by atoms with Gasteiger partial charge in [-0.3, -0.25) is 9.69 Å². The minimum Gasteiger partial charge on any atom is -0.459 e. The number of benzene rings is 1. The molecule has 2 saturated heterocycles. The quantitative estimate of drug-likeness (QED) is 0.695. The lowest BCUT2D eigenvalue weighted by molar-refractivity contribution is -0.00332. The molecule has 144 valence electrons. The standard InChI is InChI=1S/C21H22N4O3/c1-15-22-19(28-23-15)17-11-24(10-16-6-3-2-4-7-16)12-21(17)13-25(14-21)20(26)18-8-5-9-27-18/h2-9,17H,10-14H2,1H3. The SMILES string of the molecule is Cc1noc(C2CN(Cc3ccccc3)CC23CN(C(=O)c2ccco2)C3)n1. The van der Waals surface area contributed by atoms with Crippen molar-refractivity contribution in [1.29, 1.82) is 0 Å². The van der Waals surface area contributed by atoms with Gasteiger partial charge in [0.25, 0.3) is 5.91 Å². The second-order valence-corrected chi connectivity index (χ2v) is 7.89. The van der Waals surface area contributed by atoms with E-state index in [0.29, 0.717) is 30.6 Å². The van der Waals surface area contributed by atoms with Gasteiger partial charge in [-0.2, -0.15) is 4.98 Å². The summed E-state index contributed by atoms with van der Waals surface area (Å²) in [6.45, 7) is 5.80.